The molecule has 1 aromatic rings. The molecule has 20 heavy (non-hydrogen) atoms. The van der Waals surface area contributed by atoms with Gasteiger partial charge in [-0.3, -0.25) is 4.18 Å². The second kappa shape index (κ2) is 8.15. The molecule has 0 saturated carbocycles. The molecule has 0 spiro atoms. The number of anilines is 1. The third-order valence-corrected chi connectivity index (χ3v) is 3.02. The maximum Gasteiger partial charge on any atom is 0.338 e. The molecule has 1 aromatic carbocycles. The van der Waals surface area contributed by atoms with E-state index in [1.54, 1.807) is 24.3 Å². The average molecular weight is 319 g/mol. The van der Waals surface area contributed by atoms with Gasteiger partial charge in [0.1, 0.15) is 15.4 Å². The van der Waals surface area contributed by atoms with Crippen LogP contribution in [0.5, 0.6) is 0 Å². The molecule has 112 valence electrons. The molecule has 0 bridgehead atoms. The lowest BCUT2D eigenvalue weighted by Gasteiger charge is -2.07. The molecule has 1 rings (SSSR count). The van der Waals surface area contributed by atoms with Gasteiger partial charge in [-0.2, -0.15) is 0 Å². The van der Waals surface area contributed by atoms with Crippen LogP contribution >= 0.6 is 0 Å². The van der Waals surface area contributed by atoms with Crippen LogP contribution in [0.1, 0.15) is 10.4 Å². The number of hydrogen-bond acceptors (Lipinski definition) is 7. The SMILES string of the molecule is CS(=O)(=S)OCCOCCOC(=O)c1ccc(N)cc1. The molecule has 0 aromatic heterocycles. The van der Waals surface area contributed by atoms with Gasteiger partial charge in [-0.25, -0.2) is 9.00 Å². The second-order valence-corrected chi connectivity index (χ2v) is 7.36. The van der Waals surface area contributed by atoms with E-state index < -0.39 is 14.7 Å². The van der Waals surface area contributed by atoms with Crippen molar-refractivity contribution in [3.8, 4) is 0 Å². The zero-order valence-electron chi connectivity index (χ0n) is 11.1. The lowest BCUT2D eigenvalue weighted by atomic mass is 10.2. The van der Waals surface area contributed by atoms with E-state index >= 15 is 0 Å². The molecule has 1 atom stereocenters. The number of nitrogens with two attached hydrogens (primary N) is 1. The summed E-state index contributed by atoms with van der Waals surface area (Å²) in [6, 6.07) is 6.44. The minimum atomic E-state index is -2.61. The Morgan fingerprint density at radius 3 is 2.40 bits per heavy atom. The predicted octanol–water partition coefficient (Wildman–Crippen LogP) is 0.750. The Balaban J connectivity index is 2.12. The minimum Gasteiger partial charge on any atom is -0.460 e. The molecule has 0 aliphatic rings. The Hall–Kier alpha value is -1.22. The number of rotatable bonds is 8. The smallest absolute Gasteiger partial charge is 0.338 e. The number of carbonyl (C=O) groups excluding carboxylic acids is 1. The van der Waals surface area contributed by atoms with E-state index in [2.05, 4.69) is 11.2 Å². The molecule has 0 aliphatic carbocycles. The monoisotopic (exact) mass is 319 g/mol. The van der Waals surface area contributed by atoms with Crippen LogP contribution in [0.4, 0.5) is 5.69 Å². The van der Waals surface area contributed by atoms with Crippen molar-refractivity contribution in [2.24, 2.45) is 0 Å². The minimum absolute atomic E-state index is 0.124. The molecule has 0 heterocycles. The molecule has 1 unspecified atom stereocenters. The largest absolute Gasteiger partial charge is 0.460 e. The summed E-state index contributed by atoms with van der Waals surface area (Å²) in [6.07, 6.45) is 1.33. The number of ether oxygens (including phenoxy) is 2. The average Bonchev–Trinajstić information content (AvgIpc) is 2.37. The molecule has 2 N–H and O–H groups in total. The van der Waals surface area contributed by atoms with Gasteiger partial charge < -0.3 is 15.2 Å². The zero-order valence-corrected chi connectivity index (χ0v) is 12.7. The van der Waals surface area contributed by atoms with Gasteiger partial charge in [0.25, 0.3) is 0 Å². The van der Waals surface area contributed by atoms with Crippen LogP contribution in [-0.2, 0) is 33.6 Å². The van der Waals surface area contributed by atoms with E-state index in [1.165, 1.54) is 6.26 Å². The highest BCUT2D eigenvalue weighted by molar-refractivity contribution is 8.29. The second-order valence-electron chi connectivity index (χ2n) is 3.90. The zero-order chi connectivity index (χ0) is 15.0. The number of esters is 1. The van der Waals surface area contributed by atoms with E-state index in [4.69, 9.17) is 19.4 Å². The first-order valence-corrected chi connectivity index (χ1v) is 8.65. The Morgan fingerprint density at radius 1 is 1.20 bits per heavy atom. The van der Waals surface area contributed by atoms with Crippen molar-refractivity contribution in [1.29, 1.82) is 0 Å². The van der Waals surface area contributed by atoms with Gasteiger partial charge in [0.05, 0.1) is 25.4 Å². The summed E-state index contributed by atoms with van der Waals surface area (Å²) in [4.78, 5) is 11.6. The quantitative estimate of drug-likeness (QED) is 0.430. The highest BCUT2D eigenvalue weighted by Gasteiger charge is 2.06. The molecule has 0 fully saturated rings. The van der Waals surface area contributed by atoms with Gasteiger partial charge in [0.2, 0.25) is 0 Å². The third-order valence-electron chi connectivity index (χ3n) is 2.13. The van der Waals surface area contributed by atoms with Crippen molar-refractivity contribution in [2.45, 2.75) is 0 Å². The summed E-state index contributed by atoms with van der Waals surface area (Å²) in [5.74, 6) is -0.438. The van der Waals surface area contributed by atoms with E-state index in [9.17, 15) is 9.00 Å². The standard InChI is InChI=1S/C12H17NO5S2/c1-20(15,19)18-9-7-16-6-8-17-12(14)10-2-4-11(13)5-3-10/h2-5H,6-9,13H2,1H3. The lowest BCUT2D eigenvalue weighted by Crippen LogP contribution is -2.14. The normalized spacial score (nSPS) is 13.7. The Kier molecular flexibility index (Phi) is 6.86. The number of carbonyl (C=O) groups is 1. The van der Waals surface area contributed by atoms with Gasteiger partial charge in [-0.1, -0.05) is 0 Å². The van der Waals surface area contributed by atoms with Crippen LogP contribution in [-0.4, -0.2) is 42.9 Å². The van der Waals surface area contributed by atoms with Crippen molar-refractivity contribution >= 4 is 31.6 Å². The fourth-order valence-electron chi connectivity index (χ4n) is 1.24. The summed E-state index contributed by atoms with van der Waals surface area (Å²) >= 11 is 4.55. The van der Waals surface area contributed by atoms with Gasteiger partial charge in [-0.05, 0) is 24.3 Å². The number of hydrogen-bond donors (Lipinski definition) is 1. The van der Waals surface area contributed by atoms with Crippen LogP contribution in [0.3, 0.4) is 0 Å². The van der Waals surface area contributed by atoms with Crippen LogP contribution in [0.25, 0.3) is 0 Å². The first-order chi connectivity index (χ1) is 9.38. The van der Waals surface area contributed by atoms with Gasteiger partial charge in [0, 0.05) is 23.1 Å². The highest BCUT2D eigenvalue weighted by atomic mass is 32.8. The van der Waals surface area contributed by atoms with Gasteiger partial charge >= 0.3 is 5.97 Å². The van der Waals surface area contributed by atoms with E-state index in [-0.39, 0.29) is 26.4 Å². The first kappa shape index (κ1) is 16.8. The molecule has 0 saturated heterocycles. The van der Waals surface area contributed by atoms with E-state index in [0.29, 0.717) is 11.3 Å². The summed E-state index contributed by atoms with van der Waals surface area (Å²) in [7, 11) is -2.61. The van der Waals surface area contributed by atoms with Crippen LogP contribution in [0, 0.1) is 0 Å². The Labute approximate surface area is 123 Å². The molecular formula is C12H17NO5S2. The van der Waals surface area contributed by atoms with Gasteiger partial charge in [-0.15, -0.1) is 0 Å². The van der Waals surface area contributed by atoms with Crippen molar-refractivity contribution in [1.82, 2.24) is 0 Å². The topological polar surface area (TPSA) is 87.9 Å². The summed E-state index contributed by atoms with van der Waals surface area (Å²) in [5, 5.41) is 0. The fraction of sp³-hybridized carbons (Fsp3) is 0.417. The van der Waals surface area contributed by atoms with Crippen LogP contribution in [0.15, 0.2) is 24.3 Å². The third kappa shape index (κ3) is 7.39. The molecule has 0 radical (unpaired) electrons. The predicted molar refractivity (Wildman–Crippen MR) is 79.3 cm³/mol. The molecule has 6 nitrogen and oxygen atoms in total. The Bertz CT molecular complexity index is 527. The van der Waals surface area contributed by atoms with E-state index in [1.807, 2.05) is 0 Å². The van der Waals surface area contributed by atoms with Crippen LogP contribution < -0.4 is 5.73 Å². The van der Waals surface area contributed by atoms with Crippen molar-refractivity contribution in [3.05, 3.63) is 29.8 Å². The van der Waals surface area contributed by atoms with Crippen LogP contribution in [0.2, 0.25) is 0 Å². The van der Waals surface area contributed by atoms with E-state index in [0.717, 1.165) is 0 Å². The summed E-state index contributed by atoms with van der Waals surface area (Å²) in [6.45, 7) is 0.733. The summed E-state index contributed by atoms with van der Waals surface area (Å²) in [5.41, 5.74) is 6.53. The number of nitrogen functional groups attached to an aromatic ring is 1. The van der Waals surface area contributed by atoms with Crippen molar-refractivity contribution < 1.29 is 22.7 Å². The van der Waals surface area contributed by atoms with Gasteiger partial charge in [0.15, 0.2) is 0 Å². The van der Waals surface area contributed by atoms with Crippen molar-refractivity contribution in [2.75, 3.05) is 38.4 Å². The maximum absolute atomic E-state index is 11.6. The Morgan fingerprint density at radius 2 is 1.80 bits per heavy atom. The lowest BCUT2D eigenvalue weighted by molar-refractivity contribution is 0.0280. The maximum atomic E-state index is 11.6. The molecule has 8 heteroatoms. The first-order valence-electron chi connectivity index (χ1n) is 5.83. The fourth-order valence-corrected chi connectivity index (χ4v) is 1.82. The number of benzene rings is 1. The summed E-state index contributed by atoms with van der Waals surface area (Å²) < 4.78 is 26.0. The molecule has 0 aliphatic heterocycles. The molecular weight excluding hydrogens is 302 g/mol. The highest BCUT2D eigenvalue weighted by Crippen LogP contribution is 2.06. The molecule has 0 amide bonds. The van der Waals surface area contributed by atoms with Crippen molar-refractivity contribution in [3.63, 3.8) is 0 Å².